The second-order valence-electron chi connectivity index (χ2n) is 7.29. The molecule has 1 heterocycles. The van der Waals surface area contributed by atoms with Crippen LogP contribution >= 0.6 is 0 Å². The fourth-order valence-corrected chi connectivity index (χ4v) is 4.95. The molecular formula is C21H31N3O5S. The number of piperazine rings is 1. The van der Waals surface area contributed by atoms with E-state index < -0.39 is 10.0 Å². The number of hydrogen-bond donors (Lipinski definition) is 0. The zero-order valence-corrected chi connectivity index (χ0v) is 18.8. The molecule has 1 aromatic rings. The molecule has 1 fully saturated rings. The lowest BCUT2D eigenvalue weighted by atomic mass is 10.2. The van der Waals surface area contributed by atoms with Crippen LogP contribution in [0.25, 0.3) is 0 Å². The van der Waals surface area contributed by atoms with E-state index in [1.165, 1.54) is 23.4 Å². The highest BCUT2D eigenvalue weighted by atomic mass is 32.2. The first-order valence-corrected chi connectivity index (χ1v) is 11.8. The first-order chi connectivity index (χ1) is 14.2. The molecule has 166 valence electrons. The summed E-state index contributed by atoms with van der Waals surface area (Å²) in [7, 11) is -3.72. The summed E-state index contributed by atoms with van der Waals surface area (Å²) in [6.45, 7) is 7.61. The Morgan fingerprint density at radius 1 is 1.00 bits per heavy atom. The second kappa shape index (κ2) is 10.7. The van der Waals surface area contributed by atoms with Gasteiger partial charge in [-0.25, -0.2) is 8.42 Å². The van der Waals surface area contributed by atoms with Gasteiger partial charge in [0.1, 0.15) is 0 Å². The standard InChI is InChI=1S/C21H31N3O5S/c1-4-22(5-2)20(26)10-7-11-21(27)23-12-14-24(15-13-23)30(28,29)19-9-6-8-18(16-19)17(3)25/h6,8-9,16H,4-5,7,10-15H2,1-3H3. The monoisotopic (exact) mass is 437 g/mol. The first kappa shape index (κ1) is 24.0. The van der Waals surface area contributed by atoms with Crippen LogP contribution < -0.4 is 0 Å². The third-order valence-electron chi connectivity index (χ3n) is 5.37. The molecule has 0 saturated carbocycles. The van der Waals surface area contributed by atoms with Gasteiger partial charge in [0.05, 0.1) is 4.90 Å². The van der Waals surface area contributed by atoms with Gasteiger partial charge >= 0.3 is 0 Å². The summed E-state index contributed by atoms with van der Waals surface area (Å²) in [6, 6.07) is 6.01. The lowest BCUT2D eigenvalue weighted by Crippen LogP contribution is -2.50. The van der Waals surface area contributed by atoms with Gasteiger partial charge in [0.2, 0.25) is 21.8 Å². The summed E-state index contributed by atoms with van der Waals surface area (Å²) in [4.78, 5) is 39.5. The molecule has 0 aliphatic carbocycles. The van der Waals surface area contributed by atoms with Gasteiger partial charge in [0.15, 0.2) is 5.78 Å². The fourth-order valence-electron chi connectivity index (χ4n) is 3.49. The van der Waals surface area contributed by atoms with Crippen LogP contribution in [0.2, 0.25) is 0 Å². The summed E-state index contributed by atoms with van der Waals surface area (Å²) in [6.07, 6.45) is 1.11. The van der Waals surface area contributed by atoms with Crippen molar-refractivity contribution in [3.05, 3.63) is 29.8 Å². The number of nitrogens with zero attached hydrogens (tertiary/aromatic N) is 3. The van der Waals surface area contributed by atoms with Crippen molar-refractivity contribution < 1.29 is 22.8 Å². The lowest BCUT2D eigenvalue weighted by Gasteiger charge is -2.34. The number of carbonyl (C=O) groups excluding carboxylic acids is 3. The average molecular weight is 438 g/mol. The highest BCUT2D eigenvalue weighted by Gasteiger charge is 2.30. The van der Waals surface area contributed by atoms with Crippen LogP contribution in [-0.4, -0.2) is 79.4 Å². The van der Waals surface area contributed by atoms with E-state index in [1.54, 1.807) is 21.9 Å². The summed E-state index contributed by atoms with van der Waals surface area (Å²) in [5.74, 6) is -0.198. The maximum absolute atomic E-state index is 12.9. The Kier molecular flexibility index (Phi) is 8.54. The van der Waals surface area contributed by atoms with Crippen LogP contribution in [0, 0.1) is 0 Å². The third kappa shape index (κ3) is 5.89. The van der Waals surface area contributed by atoms with E-state index in [0.29, 0.717) is 44.6 Å². The van der Waals surface area contributed by atoms with E-state index in [4.69, 9.17) is 0 Å². The van der Waals surface area contributed by atoms with Gasteiger partial charge in [-0.3, -0.25) is 14.4 Å². The quantitative estimate of drug-likeness (QED) is 0.549. The molecule has 0 atom stereocenters. The minimum Gasteiger partial charge on any atom is -0.343 e. The van der Waals surface area contributed by atoms with Crippen LogP contribution in [0.3, 0.4) is 0 Å². The largest absolute Gasteiger partial charge is 0.343 e. The van der Waals surface area contributed by atoms with Crippen LogP contribution in [0.1, 0.15) is 50.4 Å². The Morgan fingerprint density at radius 3 is 2.20 bits per heavy atom. The predicted molar refractivity (Wildman–Crippen MR) is 114 cm³/mol. The molecule has 1 aromatic carbocycles. The van der Waals surface area contributed by atoms with E-state index in [-0.39, 0.29) is 42.0 Å². The Balaban J connectivity index is 1.88. The van der Waals surface area contributed by atoms with Gasteiger partial charge < -0.3 is 9.80 Å². The number of ketones is 1. The zero-order chi connectivity index (χ0) is 22.3. The number of carbonyl (C=O) groups is 3. The number of amides is 2. The molecule has 2 amide bonds. The molecule has 1 saturated heterocycles. The van der Waals surface area contributed by atoms with Gasteiger partial charge in [-0.05, 0) is 39.3 Å². The van der Waals surface area contributed by atoms with Gasteiger partial charge in [-0.2, -0.15) is 4.31 Å². The van der Waals surface area contributed by atoms with Gasteiger partial charge in [-0.1, -0.05) is 12.1 Å². The maximum atomic E-state index is 12.9. The minimum absolute atomic E-state index is 0.0523. The van der Waals surface area contributed by atoms with Crippen molar-refractivity contribution in [1.82, 2.24) is 14.1 Å². The topological polar surface area (TPSA) is 95.1 Å². The molecule has 0 N–H and O–H groups in total. The number of Topliss-reactive ketones (excluding diaryl/α,β-unsaturated/α-hetero) is 1. The Morgan fingerprint density at radius 2 is 1.63 bits per heavy atom. The van der Waals surface area contributed by atoms with Gasteiger partial charge in [-0.15, -0.1) is 0 Å². The molecule has 0 bridgehead atoms. The summed E-state index contributed by atoms with van der Waals surface area (Å²) >= 11 is 0. The van der Waals surface area contributed by atoms with Crippen molar-refractivity contribution in [3.63, 3.8) is 0 Å². The summed E-state index contributed by atoms with van der Waals surface area (Å²) < 4.78 is 27.1. The molecule has 2 rings (SSSR count). The Bertz CT molecular complexity index is 872. The zero-order valence-electron chi connectivity index (χ0n) is 18.0. The first-order valence-electron chi connectivity index (χ1n) is 10.4. The second-order valence-corrected chi connectivity index (χ2v) is 9.23. The van der Waals surface area contributed by atoms with E-state index in [9.17, 15) is 22.8 Å². The van der Waals surface area contributed by atoms with Crippen LogP contribution in [0.4, 0.5) is 0 Å². The molecule has 1 aliphatic rings. The predicted octanol–water partition coefficient (Wildman–Crippen LogP) is 1.76. The Hall–Kier alpha value is -2.26. The van der Waals surface area contributed by atoms with Crippen molar-refractivity contribution in [2.75, 3.05) is 39.3 Å². The SMILES string of the molecule is CCN(CC)C(=O)CCCC(=O)N1CCN(S(=O)(=O)c2cccc(C(C)=O)c2)CC1. The molecule has 8 nitrogen and oxygen atoms in total. The maximum Gasteiger partial charge on any atom is 0.243 e. The average Bonchev–Trinajstić information content (AvgIpc) is 2.74. The molecule has 0 spiro atoms. The minimum atomic E-state index is -3.72. The molecule has 9 heteroatoms. The number of hydrogen-bond acceptors (Lipinski definition) is 5. The third-order valence-corrected chi connectivity index (χ3v) is 7.26. The summed E-state index contributed by atoms with van der Waals surface area (Å²) in [5, 5.41) is 0. The molecule has 0 unspecified atom stereocenters. The van der Waals surface area contributed by atoms with E-state index in [1.807, 2.05) is 13.8 Å². The molecule has 30 heavy (non-hydrogen) atoms. The van der Waals surface area contributed by atoms with Crippen molar-refractivity contribution >= 4 is 27.6 Å². The number of rotatable bonds is 9. The van der Waals surface area contributed by atoms with Crippen molar-refractivity contribution in [2.24, 2.45) is 0 Å². The molecular weight excluding hydrogens is 406 g/mol. The Labute approximate surface area is 178 Å². The number of benzene rings is 1. The molecule has 0 radical (unpaired) electrons. The summed E-state index contributed by atoms with van der Waals surface area (Å²) in [5.41, 5.74) is 0.351. The lowest BCUT2D eigenvalue weighted by molar-refractivity contribution is -0.133. The van der Waals surface area contributed by atoms with Crippen LogP contribution in [0.15, 0.2) is 29.2 Å². The van der Waals surface area contributed by atoms with E-state index in [2.05, 4.69) is 0 Å². The molecule has 0 aromatic heterocycles. The van der Waals surface area contributed by atoms with Gasteiger partial charge in [0, 0.05) is 57.7 Å². The van der Waals surface area contributed by atoms with Crippen LogP contribution in [-0.2, 0) is 19.6 Å². The highest BCUT2D eigenvalue weighted by Crippen LogP contribution is 2.19. The van der Waals surface area contributed by atoms with Crippen molar-refractivity contribution in [2.45, 2.75) is 44.9 Å². The van der Waals surface area contributed by atoms with E-state index in [0.717, 1.165) is 0 Å². The van der Waals surface area contributed by atoms with Crippen molar-refractivity contribution in [3.8, 4) is 0 Å². The van der Waals surface area contributed by atoms with Crippen molar-refractivity contribution in [1.29, 1.82) is 0 Å². The smallest absolute Gasteiger partial charge is 0.243 e. The highest BCUT2D eigenvalue weighted by molar-refractivity contribution is 7.89. The fraction of sp³-hybridized carbons (Fsp3) is 0.571. The molecule has 1 aliphatic heterocycles. The normalized spacial score (nSPS) is 15.1. The number of sulfonamides is 1. The van der Waals surface area contributed by atoms with Gasteiger partial charge in [0.25, 0.3) is 0 Å². The van der Waals surface area contributed by atoms with E-state index >= 15 is 0 Å². The van der Waals surface area contributed by atoms with Crippen LogP contribution in [0.5, 0.6) is 0 Å².